The molecule has 0 heterocycles. The summed E-state index contributed by atoms with van der Waals surface area (Å²) in [5.74, 6) is 0. The molecular weight excluding hydrogens is 240 g/mol. The summed E-state index contributed by atoms with van der Waals surface area (Å²) in [6.45, 7) is 11.8. The molecule has 0 unspecified atom stereocenters. The third kappa shape index (κ3) is 10.3. The Morgan fingerprint density at radius 2 is 1.58 bits per heavy atom. The first-order valence-electron chi connectivity index (χ1n) is 7.98. The molecule has 1 aliphatic carbocycles. The van der Waals surface area contributed by atoms with Gasteiger partial charge in [-0.3, -0.25) is 4.90 Å². The summed E-state index contributed by atoms with van der Waals surface area (Å²) in [6, 6.07) is 0.840. The Hall–Kier alpha value is -0.160. The van der Waals surface area contributed by atoms with Gasteiger partial charge in [-0.05, 0) is 52.6 Å². The fourth-order valence-electron chi connectivity index (χ4n) is 2.07. The number of ether oxygens (including phenoxy) is 2. The van der Waals surface area contributed by atoms with E-state index in [9.17, 15) is 0 Å². The Kier molecular flexibility index (Phi) is 10.4. The highest BCUT2D eigenvalue weighted by Gasteiger charge is 2.19. The van der Waals surface area contributed by atoms with E-state index in [-0.39, 0.29) is 0 Å². The normalized spacial score (nSPS) is 15.3. The van der Waals surface area contributed by atoms with Gasteiger partial charge < -0.3 is 14.8 Å². The van der Waals surface area contributed by atoms with Gasteiger partial charge in [-0.25, -0.2) is 0 Å². The molecule has 0 spiro atoms. The monoisotopic (exact) mass is 272 g/mol. The number of nitrogens with one attached hydrogen (secondary N) is 1. The van der Waals surface area contributed by atoms with Crippen molar-refractivity contribution in [3.05, 3.63) is 0 Å². The second-order valence-electron chi connectivity index (χ2n) is 5.17. The lowest BCUT2D eigenvalue weighted by Gasteiger charge is -2.22. The molecule has 1 fully saturated rings. The molecule has 4 nitrogen and oxygen atoms in total. The molecule has 0 atom stereocenters. The van der Waals surface area contributed by atoms with E-state index in [1.165, 1.54) is 32.2 Å². The molecule has 0 aliphatic heterocycles. The average Bonchev–Trinajstić information content (AvgIpc) is 3.22. The van der Waals surface area contributed by atoms with Gasteiger partial charge >= 0.3 is 0 Å². The number of nitrogens with zero attached hydrogens (tertiary/aromatic N) is 1. The molecule has 1 N–H and O–H groups in total. The molecule has 0 bridgehead atoms. The van der Waals surface area contributed by atoms with Crippen LogP contribution in [0.25, 0.3) is 0 Å². The van der Waals surface area contributed by atoms with Gasteiger partial charge in [0.25, 0.3) is 0 Å². The van der Waals surface area contributed by atoms with Crippen molar-refractivity contribution in [1.29, 1.82) is 0 Å². The molecule has 114 valence electrons. The highest BCUT2D eigenvalue weighted by atomic mass is 16.5. The van der Waals surface area contributed by atoms with E-state index in [2.05, 4.69) is 10.2 Å². The van der Waals surface area contributed by atoms with Crippen molar-refractivity contribution >= 4 is 0 Å². The van der Waals surface area contributed by atoms with Gasteiger partial charge in [-0.1, -0.05) is 0 Å². The SMILES string of the molecule is CCOCCN(CCCCNC1CC1)CCOCC. The van der Waals surface area contributed by atoms with Gasteiger partial charge in [0, 0.05) is 32.3 Å². The molecule has 0 radical (unpaired) electrons. The number of rotatable bonds is 14. The van der Waals surface area contributed by atoms with E-state index in [1.807, 2.05) is 13.8 Å². The van der Waals surface area contributed by atoms with Crippen molar-refractivity contribution < 1.29 is 9.47 Å². The van der Waals surface area contributed by atoms with Gasteiger partial charge in [-0.15, -0.1) is 0 Å². The van der Waals surface area contributed by atoms with Crippen LogP contribution in [0.15, 0.2) is 0 Å². The van der Waals surface area contributed by atoms with Crippen LogP contribution in [0, 0.1) is 0 Å². The van der Waals surface area contributed by atoms with Crippen LogP contribution in [-0.4, -0.2) is 63.5 Å². The summed E-state index contributed by atoms with van der Waals surface area (Å²) >= 11 is 0. The maximum Gasteiger partial charge on any atom is 0.0593 e. The lowest BCUT2D eigenvalue weighted by Crippen LogP contribution is -2.32. The summed E-state index contributed by atoms with van der Waals surface area (Å²) in [5.41, 5.74) is 0. The lowest BCUT2D eigenvalue weighted by atomic mass is 10.3. The Balaban J connectivity index is 1.99. The minimum atomic E-state index is 0.810. The molecule has 1 rings (SSSR count). The fourth-order valence-corrected chi connectivity index (χ4v) is 2.07. The van der Waals surface area contributed by atoms with Crippen molar-refractivity contribution in [2.24, 2.45) is 0 Å². The van der Waals surface area contributed by atoms with Gasteiger partial charge in [0.05, 0.1) is 13.2 Å². The van der Waals surface area contributed by atoms with Crippen molar-refractivity contribution in [1.82, 2.24) is 10.2 Å². The van der Waals surface area contributed by atoms with E-state index in [4.69, 9.17) is 9.47 Å². The fraction of sp³-hybridized carbons (Fsp3) is 1.00. The number of unbranched alkanes of at least 4 members (excludes halogenated alkanes) is 1. The van der Waals surface area contributed by atoms with Crippen LogP contribution < -0.4 is 5.32 Å². The lowest BCUT2D eigenvalue weighted by molar-refractivity contribution is 0.0821. The average molecular weight is 272 g/mol. The second-order valence-corrected chi connectivity index (χ2v) is 5.17. The van der Waals surface area contributed by atoms with Crippen LogP contribution in [0.4, 0.5) is 0 Å². The first-order valence-corrected chi connectivity index (χ1v) is 7.98. The summed E-state index contributed by atoms with van der Waals surface area (Å²) < 4.78 is 10.9. The molecule has 0 aromatic carbocycles. The topological polar surface area (TPSA) is 33.7 Å². The van der Waals surface area contributed by atoms with Crippen LogP contribution in [0.1, 0.15) is 39.5 Å². The van der Waals surface area contributed by atoms with Crippen molar-refractivity contribution in [2.75, 3.05) is 52.6 Å². The van der Waals surface area contributed by atoms with Gasteiger partial charge in [0.1, 0.15) is 0 Å². The van der Waals surface area contributed by atoms with E-state index in [0.717, 1.165) is 52.1 Å². The Morgan fingerprint density at radius 1 is 0.947 bits per heavy atom. The molecular formula is C15H32N2O2. The summed E-state index contributed by atoms with van der Waals surface area (Å²) in [4.78, 5) is 2.46. The van der Waals surface area contributed by atoms with Crippen LogP contribution in [0.3, 0.4) is 0 Å². The summed E-state index contributed by atoms with van der Waals surface area (Å²) in [6.07, 6.45) is 5.30. The van der Waals surface area contributed by atoms with Gasteiger partial charge in [0.2, 0.25) is 0 Å². The third-order valence-electron chi connectivity index (χ3n) is 3.42. The molecule has 4 heteroatoms. The Morgan fingerprint density at radius 3 is 2.11 bits per heavy atom. The predicted octanol–water partition coefficient (Wildman–Crippen LogP) is 1.89. The van der Waals surface area contributed by atoms with Crippen LogP contribution >= 0.6 is 0 Å². The Labute approximate surface area is 118 Å². The highest BCUT2D eigenvalue weighted by molar-refractivity contribution is 4.80. The van der Waals surface area contributed by atoms with Crippen molar-refractivity contribution in [3.8, 4) is 0 Å². The first kappa shape index (κ1) is 16.9. The summed E-state index contributed by atoms with van der Waals surface area (Å²) in [5, 5.41) is 3.57. The molecule has 0 saturated heterocycles. The van der Waals surface area contributed by atoms with E-state index in [1.54, 1.807) is 0 Å². The minimum Gasteiger partial charge on any atom is -0.380 e. The molecule has 0 aromatic heterocycles. The molecule has 0 amide bonds. The largest absolute Gasteiger partial charge is 0.380 e. The molecule has 19 heavy (non-hydrogen) atoms. The maximum atomic E-state index is 5.44. The van der Waals surface area contributed by atoms with Gasteiger partial charge in [0.15, 0.2) is 0 Å². The van der Waals surface area contributed by atoms with E-state index >= 15 is 0 Å². The standard InChI is InChI=1S/C15H32N2O2/c1-3-18-13-11-17(12-14-19-4-2)10-6-5-9-16-15-7-8-15/h15-16H,3-14H2,1-2H3. The molecule has 1 saturated carbocycles. The van der Waals surface area contributed by atoms with Crippen LogP contribution in [0.5, 0.6) is 0 Å². The molecule has 1 aliphatic rings. The van der Waals surface area contributed by atoms with Crippen LogP contribution in [-0.2, 0) is 9.47 Å². The maximum absolute atomic E-state index is 5.44. The highest BCUT2D eigenvalue weighted by Crippen LogP contribution is 2.18. The van der Waals surface area contributed by atoms with Gasteiger partial charge in [-0.2, -0.15) is 0 Å². The summed E-state index contributed by atoms with van der Waals surface area (Å²) in [7, 11) is 0. The van der Waals surface area contributed by atoms with E-state index in [0.29, 0.717) is 0 Å². The second kappa shape index (κ2) is 11.6. The predicted molar refractivity (Wildman–Crippen MR) is 79.7 cm³/mol. The zero-order chi connectivity index (χ0) is 13.8. The minimum absolute atomic E-state index is 0.810. The Bertz CT molecular complexity index is 189. The molecule has 0 aromatic rings. The van der Waals surface area contributed by atoms with Crippen molar-refractivity contribution in [3.63, 3.8) is 0 Å². The van der Waals surface area contributed by atoms with E-state index < -0.39 is 0 Å². The number of hydrogen-bond donors (Lipinski definition) is 1. The number of hydrogen-bond acceptors (Lipinski definition) is 4. The van der Waals surface area contributed by atoms with Crippen molar-refractivity contribution in [2.45, 2.75) is 45.6 Å². The third-order valence-corrected chi connectivity index (χ3v) is 3.42. The zero-order valence-electron chi connectivity index (χ0n) is 12.8. The van der Waals surface area contributed by atoms with Crippen LogP contribution in [0.2, 0.25) is 0 Å². The quantitative estimate of drug-likeness (QED) is 0.490. The zero-order valence-corrected chi connectivity index (χ0v) is 12.8. The first-order chi connectivity index (χ1) is 9.36. The smallest absolute Gasteiger partial charge is 0.0593 e.